The van der Waals surface area contributed by atoms with Gasteiger partial charge in [0.15, 0.2) is 0 Å². The van der Waals surface area contributed by atoms with Crippen molar-refractivity contribution in [1.82, 2.24) is 0 Å². The van der Waals surface area contributed by atoms with E-state index >= 15 is 0 Å². The van der Waals surface area contributed by atoms with Gasteiger partial charge in [-0.15, -0.1) is 0 Å². The van der Waals surface area contributed by atoms with E-state index < -0.39 is 0 Å². The van der Waals surface area contributed by atoms with Gasteiger partial charge in [-0.2, -0.15) is 0 Å². The second-order valence-electron chi connectivity index (χ2n) is 5.02. The van der Waals surface area contributed by atoms with Gasteiger partial charge in [-0.3, -0.25) is 0 Å². The van der Waals surface area contributed by atoms with Crippen LogP contribution in [0.2, 0.25) is 0 Å². The highest BCUT2D eigenvalue weighted by Gasteiger charge is 2.00. The predicted octanol–water partition coefficient (Wildman–Crippen LogP) is 4.49. The summed E-state index contributed by atoms with van der Waals surface area (Å²) in [5.41, 5.74) is 3.53. The second-order valence-corrected chi connectivity index (χ2v) is 6.51. The summed E-state index contributed by atoms with van der Waals surface area (Å²) in [6, 6.07) is 24.6. The van der Waals surface area contributed by atoms with E-state index in [4.69, 9.17) is 4.74 Å². The Balaban J connectivity index is 1.66. The van der Waals surface area contributed by atoms with Crippen molar-refractivity contribution in [3.8, 4) is 16.9 Å². The maximum absolute atomic E-state index is 5.82. The zero-order valence-electron chi connectivity index (χ0n) is 11.9. The third-order valence-corrected chi connectivity index (χ3v) is 4.25. The lowest BCUT2D eigenvalue weighted by atomic mass is 10.1. The smallest absolute Gasteiger partial charge is 0.119 e. The molecule has 22 heavy (non-hydrogen) atoms. The van der Waals surface area contributed by atoms with Crippen LogP contribution in [0.15, 0.2) is 77.3 Å². The van der Waals surface area contributed by atoms with Gasteiger partial charge < -0.3 is 4.74 Å². The first-order valence-electron chi connectivity index (χ1n) is 7.00. The van der Waals surface area contributed by atoms with E-state index in [0.29, 0.717) is 6.61 Å². The van der Waals surface area contributed by atoms with Crippen LogP contribution in [0, 0.1) is 0 Å². The van der Waals surface area contributed by atoms with E-state index in [1.165, 1.54) is 11.1 Å². The Labute approximate surface area is 142 Å². The normalized spacial score (nSPS) is 10.5. The van der Waals surface area contributed by atoms with Crippen molar-refractivity contribution in [2.45, 2.75) is 6.61 Å². The van der Waals surface area contributed by atoms with Gasteiger partial charge in [0.05, 0.1) is 10.2 Å². The van der Waals surface area contributed by atoms with Gasteiger partial charge in [0, 0.05) is 4.47 Å². The van der Waals surface area contributed by atoms with Gasteiger partial charge in [0.25, 0.3) is 0 Å². The zero-order valence-corrected chi connectivity index (χ0v) is 14.5. The molecular formula is C19H14BrOSi. The van der Waals surface area contributed by atoms with Crippen molar-refractivity contribution in [3.05, 3.63) is 82.8 Å². The van der Waals surface area contributed by atoms with Crippen molar-refractivity contribution in [2.24, 2.45) is 0 Å². The first kappa shape index (κ1) is 15.1. The summed E-state index contributed by atoms with van der Waals surface area (Å²) in [5, 5.41) is 1.07. The lowest BCUT2D eigenvalue weighted by Gasteiger charge is -2.08. The van der Waals surface area contributed by atoms with Crippen LogP contribution in [-0.2, 0) is 6.61 Å². The average molecular weight is 366 g/mol. The molecule has 0 atom stereocenters. The van der Waals surface area contributed by atoms with Gasteiger partial charge in [-0.05, 0) is 41.0 Å². The van der Waals surface area contributed by atoms with Gasteiger partial charge in [-0.1, -0.05) is 69.6 Å². The molecule has 0 bridgehead atoms. The highest BCUT2D eigenvalue weighted by Crippen LogP contribution is 2.24. The Morgan fingerprint density at radius 2 is 1.27 bits per heavy atom. The molecule has 0 unspecified atom stereocenters. The molecule has 0 fully saturated rings. The molecule has 0 aliphatic heterocycles. The third kappa shape index (κ3) is 3.87. The van der Waals surface area contributed by atoms with Crippen LogP contribution in [0.25, 0.3) is 11.1 Å². The molecule has 0 aliphatic carbocycles. The fourth-order valence-corrected chi connectivity index (χ4v) is 2.58. The number of halogens is 1. The number of hydrogen-bond acceptors (Lipinski definition) is 1. The molecule has 0 heterocycles. The molecule has 3 aromatic carbocycles. The summed E-state index contributed by atoms with van der Waals surface area (Å²) >= 11 is 3.45. The number of benzene rings is 3. The number of ether oxygens (including phenoxy) is 1. The standard InChI is InChI=1S/C19H14BrOSi/c20-17-7-3-15(4-8-17)16-5-9-18(10-6-16)21-13-14-1-11-19(22)12-2-14/h1-12H,13H2. The summed E-state index contributed by atoms with van der Waals surface area (Å²) in [6.45, 7) is 0.574. The molecule has 0 aliphatic rings. The molecule has 0 saturated carbocycles. The first-order valence-corrected chi connectivity index (χ1v) is 8.29. The Hall–Kier alpha value is -1.84. The van der Waals surface area contributed by atoms with E-state index in [0.717, 1.165) is 21.0 Å². The fourth-order valence-electron chi connectivity index (χ4n) is 2.15. The van der Waals surface area contributed by atoms with E-state index in [-0.39, 0.29) is 0 Å². The van der Waals surface area contributed by atoms with Crippen LogP contribution in [-0.4, -0.2) is 10.2 Å². The highest BCUT2D eigenvalue weighted by atomic mass is 79.9. The summed E-state index contributed by atoms with van der Waals surface area (Å²) in [5.74, 6) is 0.878. The molecule has 0 aromatic heterocycles. The van der Waals surface area contributed by atoms with Crippen molar-refractivity contribution in [2.75, 3.05) is 0 Å². The van der Waals surface area contributed by atoms with Crippen molar-refractivity contribution >= 4 is 31.4 Å². The summed E-state index contributed by atoms with van der Waals surface area (Å²) in [4.78, 5) is 0. The Bertz CT molecular complexity index is 734. The Morgan fingerprint density at radius 1 is 0.727 bits per heavy atom. The molecule has 1 nitrogen and oxygen atoms in total. The highest BCUT2D eigenvalue weighted by molar-refractivity contribution is 9.10. The van der Waals surface area contributed by atoms with Gasteiger partial charge >= 0.3 is 0 Å². The fraction of sp³-hybridized carbons (Fsp3) is 0.0526. The second kappa shape index (κ2) is 6.94. The lowest BCUT2D eigenvalue weighted by Crippen LogP contribution is -2.02. The Morgan fingerprint density at radius 3 is 1.86 bits per heavy atom. The Kier molecular flexibility index (Phi) is 4.76. The van der Waals surface area contributed by atoms with Crippen LogP contribution < -0.4 is 9.92 Å². The van der Waals surface area contributed by atoms with Crippen molar-refractivity contribution < 1.29 is 4.74 Å². The quantitative estimate of drug-likeness (QED) is 0.619. The minimum Gasteiger partial charge on any atom is -0.489 e. The largest absolute Gasteiger partial charge is 0.489 e. The zero-order chi connectivity index (χ0) is 15.4. The first-order chi connectivity index (χ1) is 10.7. The van der Waals surface area contributed by atoms with Crippen LogP contribution in [0.1, 0.15) is 5.56 Å². The van der Waals surface area contributed by atoms with Crippen molar-refractivity contribution in [1.29, 1.82) is 0 Å². The monoisotopic (exact) mass is 365 g/mol. The number of hydrogen-bond donors (Lipinski definition) is 0. The van der Waals surface area contributed by atoms with Gasteiger partial charge in [0.1, 0.15) is 12.4 Å². The van der Waals surface area contributed by atoms with Crippen LogP contribution in [0.4, 0.5) is 0 Å². The van der Waals surface area contributed by atoms with E-state index in [9.17, 15) is 0 Å². The van der Waals surface area contributed by atoms with Gasteiger partial charge in [-0.25, -0.2) is 0 Å². The van der Waals surface area contributed by atoms with Crippen LogP contribution in [0.3, 0.4) is 0 Å². The SMILES string of the molecule is [Si]c1ccc(COc2ccc(-c3ccc(Br)cc3)cc2)cc1. The summed E-state index contributed by atoms with van der Waals surface area (Å²) < 4.78 is 6.91. The molecule has 3 heteroatoms. The van der Waals surface area contributed by atoms with E-state index in [1.807, 2.05) is 36.4 Å². The molecule has 0 amide bonds. The lowest BCUT2D eigenvalue weighted by molar-refractivity contribution is 0.306. The minimum atomic E-state index is 0.574. The topological polar surface area (TPSA) is 9.23 Å². The molecular weight excluding hydrogens is 352 g/mol. The van der Waals surface area contributed by atoms with Crippen molar-refractivity contribution in [3.63, 3.8) is 0 Å². The van der Waals surface area contributed by atoms with Gasteiger partial charge in [0.2, 0.25) is 0 Å². The van der Waals surface area contributed by atoms with Crippen LogP contribution >= 0.6 is 15.9 Å². The predicted molar refractivity (Wildman–Crippen MR) is 95.7 cm³/mol. The van der Waals surface area contributed by atoms with Crippen LogP contribution in [0.5, 0.6) is 5.75 Å². The molecule has 0 spiro atoms. The third-order valence-electron chi connectivity index (χ3n) is 3.39. The maximum Gasteiger partial charge on any atom is 0.119 e. The maximum atomic E-state index is 5.82. The molecule has 3 radical (unpaired) electrons. The molecule has 107 valence electrons. The molecule has 0 N–H and O–H groups in total. The van der Waals surface area contributed by atoms with E-state index in [1.54, 1.807) is 0 Å². The average Bonchev–Trinajstić information content (AvgIpc) is 2.56. The minimum absolute atomic E-state index is 0.574. The molecule has 3 rings (SSSR count). The van der Waals surface area contributed by atoms with E-state index in [2.05, 4.69) is 62.6 Å². The summed E-state index contributed by atoms with van der Waals surface area (Å²) in [7, 11) is 3.48. The number of rotatable bonds is 4. The summed E-state index contributed by atoms with van der Waals surface area (Å²) in [6.07, 6.45) is 0. The molecule has 3 aromatic rings. The molecule has 0 saturated heterocycles.